The molecule has 4 rings (SSSR count). The highest BCUT2D eigenvalue weighted by atomic mass is 16.5. The molecule has 0 unspecified atom stereocenters. The van der Waals surface area contributed by atoms with E-state index in [1.807, 2.05) is 30.3 Å². The van der Waals surface area contributed by atoms with Gasteiger partial charge in [0.05, 0.1) is 19.8 Å². The molecule has 3 aromatic carbocycles. The maximum atomic E-state index is 12.8. The number of ketones is 1. The second kappa shape index (κ2) is 7.19. The summed E-state index contributed by atoms with van der Waals surface area (Å²) in [4.78, 5) is 25.3. The highest BCUT2D eigenvalue weighted by Crippen LogP contribution is 2.27. The van der Waals surface area contributed by atoms with E-state index >= 15 is 0 Å². The van der Waals surface area contributed by atoms with Crippen molar-refractivity contribution < 1.29 is 18.7 Å². The van der Waals surface area contributed by atoms with E-state index in [0.717, 1.165) is 16.2 Å². The molecule has 0 aliphatic heterocycles. The summed E-state index contributed by atoms with van der Waals surface area (Å²) in [5, 5.41) is 2.82. The first-order valence-corrected chi connectivity index (χ1v) is 8.80. The summed E-state index contributed by atoms with van der Waals surface area (Å²) >= 11 is 0. The molecule has 5 heteroatoms. The Morgan fingerprint density at radius 2 is 1.75 bits per heavy atom. The average Bonchev–Trinajstić information content (AvgIpc) is 2.73. The van der Waals surface area contributed by atoms with Gasteiger partial charge in [0.1, 0.15) is 17.1 Å². The molecule has 140 valence electrons. The Balaban J connectivity index is 1.77. The number of fused-ring (bicyclic) bond motifs is 3. The Kier molecular flexibility index (Phi) is 4.57. The van der Waals surface area contributed by atoms with E-state index in [0.29, 0.717) is 28.2 Å². The predicted octanol–water partition coefficient (Wildman–Crippen LogP) is 4.39. The number of Topliss-reactive ketones (excluding diaryl/α,β-unsaturated/α-hetero) is 1. The fourth-order valence-corrected chi connectivity index (χ4v) is 3.33. The van der Waals surface area contributed by atoms with Crippen LogP contribution >= 0.6 is 0 Å². The van der Waals surface area contributed by atoms with Gasteiger partial charge in [0, 0.05) is 23.4 Å². The first-order valence-electron chi connectivity index (χ1n) is 8.80. The zero-order chi connectivity index (χ0) is 19.7. The van der Waals surface area contributed by atoms with Crippen LogP contribution < -0.4 is 15.1 Å². The van der Waals surface area contributed by atoms with E-state index in [2.05, 4.69) is 0 Å². The summed E-state index contributed by atoms with van der Waals surface area (Å²) in [5.41, 5.74) is 0.693. The van der Waals surface area contributed by atoms with Gasteiger partial charge in [-0.05, 0) is 35.0 Å². The molecule has 0 atom stereocenters. The molecule has 0 aliphatic rings. The number of methoxy groups -OCH3 is 2. The number of carbonyl (C=O) groups is 1. The lowest BCUT2D eigenvalue weighted by molar-refractivity contribution is 0.0989. The first kappa shape index (κ1) is 17.8. The molecule has 4 aromatic rings. The van der Waals surface area contributed by atoms with Crippen LogP contribution in [-0.2, 0) is 6.42 Å². The van der Waals surface area contributed by atoms with E-state index in [1.54, 1.807) is 37.4 Å². The lowest BCUT2D eigenvalue weighted by Gasteiger charge is -2.10. The van der Waals surface area contributed by atoms with Crippen molar-refractivity contribution in [2.45, 2.75) is 6.42 Å². The third-order valence-electron chi connectivity index (χ3n) is 4.77. The van der Waals surface area contributed by atoms with Crippen molar-refractivity contribution in [2.24, 2.45) is 0 Å². The van der Waals surface area contributed by atoms with Crippen molar-refractivity contribution in [3.63, 3.8) is 0 Å². The number of benzene rings is 3. The molecule has 0 bridgehead atoms. The average molecular weight is 374 g/mol. The quantitative estimate of drug-likeness (QED) is 0.294. The lowest BCUT2D eigenvalue weighted by Crippen LogP contribution is -2.14. The Hall–Kier alpha value is -3.60. The number of rotatable bonds is 5. The monoisotopic (exact) mass is 374 g/mol. The lowest BCUT2D eigenvalue weighted by atomic mass is 10.0. The molecular weight excluding hydrogens is 356 g/mol. The molecule has 28 heavy (non-hydrogen) atoms. The predicted molar refractivity (Wildman–Crippen MR) is 108 cm³/mol. The third kappa shape index (κ3) is 3.11. The summed E-state index contributed by atoms with van der Waals surface area (Å²) in [6, 6.07) is 18.2. The first-order chi connectivity index (χ1) is 13.6. The van der Waals surface area contributed by atoms with Crippen LogP contribution in [0.1, 0.15) is 15.9 Å². The maximum absolute atomic E-state index is 12.8. The number of hydrogen-bond acceptors (Lipinski definition) is 5. The minimum absolute atomic E-state index is 0.0792. The Morgan fingerprint density at radius 1 is 0.929 bits per heavy atom. The van der Waals surface area contributed by atoms with Crippen LogP contribution in [0.2, 0.25) is 0 Å². The van der Waals surface area contributed by atoms with E-state index in [-0.39, 0.29) is 12.2 Å². The molecule has 5 nitrogen and oxygen atoms in total. The molecule has 1 aromatic heterocycles. The van der Waals surface area contributed by atoms with Crippen LogP contribution in [0.3, 0.4) is 0 Å². The van der Waals surface area contributed by atoms with Crippen molar-refractivity contribution in [3.8, 4) is 11.5 Å². The van der Waals surface area contributed by atoms with Crippen LogP contribution in [0, 0.1) is 0 Å². The van der Waals surface area contributed by atoms with Crippen molar-refractivity contribution in [2.75, 3.05) is 14.2 Å². The Morgan fingerprint density at radius 3 is 2.54 bits per heavy atom. The largest absolute Gasteiger partial charge is 0.497 e. The van der Waals surface area contributed by atoms with Crippen molar-refractivity contribution in [1.29, 1.82) is 0 Å². The molecule has 0 amide bonds. The van der Waals surface area contributed by atoms with Gasteiger partial charge in [0.25, 0.3) is 0 Å². The molecule has 0 N–H and O–H groups in total. The van der Waals surface area contributed by atoms with Crippen LogP contribution in [0.4, 0.5) is 0 Å². The highest BCUT2D eigenvalue weighted by Gasteiger charge is 2.17. The molecular formula is C23H18O5. The van der Waals surface area contributed by atoms with Gasteiger partial charge in [0.2, 0.25) is 0 Å². The second-order valence-corrected chi connectivity index (χ2v) is 6.42. The minimum Gasteiger partial charge on any atom is -0.497 e. The van der Waals surface area contributed by atoms with Gasteiger partial charge in [-0.15, -0.1) is 0 Å². The van der Waals surface area contributed by atoms with Gasteiger partial charge in [-0.2, -0.15) is 0 Å². The molecule has 0 saturated heterocycles. The van der Waals surface area contributed by atoms with Crippen LogP contribution in [0.15, 0.2) is 69.9 Å². The van der Waals surface area contributed by atoms with Crippen LogP contribution in [0.5, 0.6) is 11.5 Å². The summed E-state index contributed by atoms with van der Waals surface area (Å²) in [5.74, 6) is 0.761. The number of hydrogen-bond donors (Lipinski definition) is 0. The van der Waals surface area contributed by atoms with Gasteiger partial charge in [-0.1, -0.05) is 30.3 Å². The van der Waals surface area contributed by atoms with E-state index in [9.17, 15) is 9.59 Å². The fraction of sp³-hybridized carbons (Fsp3) is 0.130. The van der Waals surface area contributed by atoms with Crippen molar-refractivity contribution in [3.05, 3.63) is 82.2 Å². The normalized spacial score (nSPS) is 10.9. The van der Waals surface area contributed by atoms with Gasteiger partial charge in [0.15, 0.2) is 5.78 Å². The molecule has 0 spiro atoms. The zero-order valence-electron chi connectivity index (χ0n) is 15.5. The fourth-order valence-electron chi connectivity index (χ4n) is 3.33. The van der Waals surface area contributed by atoms with Crippen LogP contribution in [-0.4, -0.2) is 20.0 Å². The Bertz CT molecular complexity index is 1250. The minimum atomic E-state index is -0.511. The second-order valence-electron chi connectivity index (χ2n) is 6.42. The highest BCUT2D eigenvalue weighted by molar-refractivity contribution is 6.06. The Labute approximate surface area is 161 Å². The summed E-state index contributed by atoms with van der Waals surface area (Å²) < 4.78 is 15.9. The molecule has 0 fully saturated rings. The molecule has 1 heterocycles. The molecule has 0 aliphatic carbocycles. The van der Waals surface area contributed by atoms with Gasteiger partial charge >= 0.3 is 5.63 Å². The SMILES string of the molecule is COc1ccc(C(=O)Cc2cc3c(ccc4ccccc43)oc2=O)c(OC)c1. The van der Waals surface area contributed by atoms with Crippen molar-refractivity contribution in [1.82, 2.24) is 0 Å². The topological polar surface area (TPSA) is 65.7 Å². The van der Waals surface area contributed by atoms with E-state index in [4.69, 9.17) is 13.9 Å². The standard InChI is InChI=1S/C23H18O5/c1-26-16-8-9-18(22(13-16)27-2)20(24)12-15-11-19-17-6-4-3-5-14(17)7-10-21(19)28-23(15)25/h3-11,13H,12H2,1-2H3. The third-order valence-corrected chi connectivity index (χ3v) is 4.77. The summed E-state index contributed by atoms with van der Waals surface area (Å²) in [6.07, 6.45) is -0.0792. The number of carbonyl (C=O) groups excluding carboxylic acids is 1. The van der Waals surface area contributed by atoms with Gasteiger partial charge in [-0.3, -0.25) is 4.79 Å². The molecule has 0 saturated carbocycles. The maximum Gasteiger partial charge on any atom is 0.339 e. The van der Waals surface area contributed by atoms with Crippen LogP contribution in [0.25, 0.3) is 21.7 Å². The van der Waals surface area contributed by atoms with Gasteiger partial charge in [-0.25, -0.2) is 4.79 Å². The smallest absolute Gasteiger partial charge is 0.339 e. The zero-order valence-corrected chi connectivity index (χ0v) is 15.5. The number of ether oxygens (including phenoxy) is 2. The molecule has 0 radical (unpaired) electrons. The summed E-state index contributed by atoms with van der Waals surface area (Å²) in [6.45, 7) is 0. The van der Waals surface area contributed by atoms with Crippen molar-refractivity contribution >= 4 is 27.5 Å². The summed E-state index contributed by atoms with van der Waals surface area (Å²) in [7, 11) is 3.03. The van der Waals surface area contributed by atoms with E-state index in [1.165, 1.54) is 7.11 Å². The van der Waals surface area contributed by atoms with Gasteiger partial charge < -0.3 is 13.9 Å². The van der Waals surface area contributed by atoms with E-state index < -0.39 is 5.63 Å².